The number of piperazine rings is 1. The van der Waals surface area contributed by atoms with Gasteiger partial charge in [-0.1, -0.05) is 69.3 Å². The summed E-state index contributed by atoms with van der Waals surface area (Å²) in [7, 11) is 0. The van der Waals surface area contributed by atoms with Gasteiger partial charge in [-0.05, 0) is 129 Å². The summed E-state index contributed by atoms with van der Waals surface area (Å²) in [4.78, 5) is 97.1. The van der Waals surface area contributed by atoms with Gasteiger partial charge in [-0.2, -0.15) is 0 Å². The van der Waals surface area contributed by atoms with E-state index in [2.05, 4.69) is 83.2 Å². The Kier molecular flexibility index (Phi) is 25.1. The van der Waals surface area contributed by atoms with E-state index in [1.165, 1.54) is 10.5 Å². The fourth-order valence-electron chi connectivity index (χ4n) is 12.0. The molecule has 0 spiro atoms. The largest absolute Gasteiger partial charge is 0.391 e. The number of hydrogen-bond donors (Lipinski definition) is 6. The first kappa shape index (κ1) is 68.1. The number of amides is 5. The molecule has 8 rings (SSSR count). The van der Waals surface area contributed by atoms with Gasteiger partial charge < -0.3 is 55.4 Å². The van der Waals surface area contributed by atoms with Crippen LogP contribution >= 0.6 is 11.3 Å². The zero-order chi connectivity index (χ0) is 63.6. The van der Waals surface area contributed by atoms with E-state index in [-0.39, 0.29) is 68.3 Å². The van der Waals surface area contributed by atoms with Crippen molar-refractivity contribution in [2.75, 3.05) is 96.9 Å². The van der Waals surface area contributed by atoms with E-state index in [0.29, 0.717) is 63.3 Å². The zero-order valence-electron chi connectivity index (χ0n) is 53.5. The van der Waals surface area contributed by atoms with Crippen molar-refractivity contribution in [2.45, 2.75) is 144 Å². The highest BCUT2D eigenvalue weighted by Crippen LogP contribution is 2.35. The summed E-state index contributed by atoms with van der Waals surface area (Å²) >= 11 is 1.57. The molecule has 3 fully saturated rings. The van der Waals surface area contributed by atoms with Crippen LogP contribution in [0.4, 0.5) is 5.69 Å². The van der Waals surface area contributed by atoms with Gasteiger partial charge in [-0.15, -0.1) is 11.3 Å². The van der Waals surface area contributed by atoms with Crippen LogP contribution in [0.25, 0.3) is 21.6 Å². The lowest BCUT2D eigenvalue weighted by molar-refractivity contribution is -0.144. The Morgan fingerprint density at radius 1 is 0.798 bits per heavy atom. The highest BCUT2D eigenvalue weighted by molar-refractivity contribution is 7.13. The zero-order valence-corrected chi connectivity index (χ0v) is 54.3. The number of unbranched alkanes of at least 4 members (excludes halogenated alkanes) is 2. The quantitative estimate of drug-likeness (QED) is 0.0265. The number of anilines is 1. The SMILES string of the molecule is CCN(c1cc(-c2ccc(CN3CCN(CC(=O)NCCCCCOCCOCCC(=O)N[C@H](C(=O)N4C[C@H](O)CC4C(=O)NCc4ccc(-c5scnc5C)cc4)C(C)(C)C)CC3)cc2)cc(C(=O)NCc2c(C)cc(C)[nH]c2=O)c1C)C1CCOCC1. The third-order valence-corrected chi connectivity index (χ3v) is 18.2. The molecule has 3 aliphatic rings. The summed E-state index contributed by atoms with van der Waals surface area (Å²) in [6, 6.07) is 21.1. The van der Waals surface area contributed by atoms with Gasteiger partial charge in [-0.25, -0.2) is 4.98 Å². The maximum atomic E-state index is 14.0. The molecule has 0 aliphatic carbocycles. The maximum Gasteiger partial charge on any atom is 0.253 e. The molecule has 0 radical (unpaired) electrons. The molecule has 5 amide bonds. The lowest BCUT2D eigenvalue weighted by Crippen LogP contribution is -2.57. The predicted molar refractivity (Wildman–Crippen MR) is 348 cm³/mol. The van der Waals surface area contributed by atoms with Crippen molar-refractivity contribution in [1.29, 1.82) is 0 Å². The average molecular weight is 1240 g/mol. The van der Waals surface area contributed by atoms with Gasteiger partial charge in [-0.3, -0.25) is 38.6 Å². The van der Waals surface area contributed by atoms with Crippen molar-refractivity contribution >= 4 is 46.6 Å². The Hall–Kier alpha value is -6.85. The highest BCUT2D eigenvalue weighted by Gasteiger charge is 2.44. The van der Waals surface area contributed by atoms with Crippen molar-refractivity contribution in [2.24, 2.45) is 5.41 Å². The second kappa shape index (κ2) is 32.8. The molecule has 0 bridgehead atoms. The number of carbonyl (C=O) groups excluding carboxylic acids is 5. The van der Waals surface area contributed by atoms with Crippen LogP contribution in [0.2, 0.25) is 0 Å². The summed E-state index contributed by atoms with van der Waals surface area (Å²) in [5, 5.41) is 22.6. The lowest BCUT2D eigenvalue weighted by atomic mass is 9.85. The van der Waals surface area contributed by atoms with Gasteiger partial charge >= 0.3 is 0 Å². The van der Waals surface area contributed by atoms with E-state index in [9.17, 15) is 33.9 Å². The Morgan fingerprint density at radius 2 is 1.48 bits per heavy atom. The van der Waals surface area contributed by atoms with Crippen LogP contribution in [0.15, 0.2) is 77.0 Å². The number of nitrogens with zero attached hydrogens (tertiary/aromatic N) is 5. The molecule has 21 heteroatoms. The van der Waals surface area contributed by atoms with Gasteiger partial charge in [0.25, 0.3) is 11.5 Å². The number of benzene rings is 3. The molecule has 3 aliphatic heterocycles. The standard InChI is InChI=1S/C68H94N10O10S/c1-9-77(54-21-30-87-31-22-54)58-37-53(36-56(47(58)4)64(82)71-40-57-45(2)35-46(3)73-65(57)83)51-17-15-50(16-18-51)41-75-25-27-76(28-26-75)43-61(81)69-24-11-10-12-29-86-33-34-88-32-23-60(80)74-63(68(6,7)8)67(85)78-42-55(79)38-59(78)66(84)70-39-49-13-19-52(20-14-49)62-48(5)72-44-89-62/h13-20,35-37,44,54-55,59,63,79H,9-12,21-34,38-43H2,1-8H3,(H,69,81)(H,70,84)(H,71,82)(H,73,83)(H,74,80)/t55-,59?,63-/m1/s1. The van der Waals surface area contributed by atoms with Crippen LogP contribution in [0, 0.1) is 33.1 Å². The van der Waals surface area contributed by atoms with Gasteiger partial charge in [0.05, 0.1) is 48.6 Å². The van der Waals surface area contributed by atoms with Gasteiger partial charge in [0.1, 0.15) is 12.1 Å². The summed E-state index contributed by atoms with van der Waals surface area (Å²) in [5.74, 6) is -1.32. The number of thiazole rings is 1. The van der Waals surface area contributed by atoms with Crippen LogP contribution < -0.4 is 31.7 Å². The molecule has 3 saturated heterocycles. The van der Waals surface area contributed by atoms with Gasteiger partial charge in [0.2, 0.25) is 23.6 Å². The Balaban J connectivity index is 0.682. The number of aromatic nitrogens is 2. The van der Waals surface area contributed by atoms with Crippen molar-refractivity contribution in [3.05, 3.63) is 127 Å². The molecular weight excluding hydrogens is 1150 g/mol. The van der Waals surface area contributed by atoms with E-state index in [1.807, 2.05) is 90.4 Å². The number of β-amino-alcohol motifs (C(OH)–C–C–N with tert-alkyl or cyclic N) is 1. The van der Waals surface area contributed by atoms with Crippen LogP contribution in [0.5, 0.6) is 0 Å². The second-order valence-electron chi connectivity index (χ2n) is 25.0. The molecule has 3 aromatic carbocycles. The Bertz CT molecular complexity index is 3220. The van der Waals surface area contributed by atoms with Crippen LogP contribution in [-0.2, 0) is 53.0 Å². The average Bonchev–Trinajstić information content (AvgIpc) is 1.90. The number of ether oxygens (including phenoxy) is 3. The normalized spacial score (nSPS) is 17.1. The number of hydrogen-bond acceptors (Lipinski definition) is 15. The van der Waals surface area contributed by atoms with Crippen molar-refractivity contribution in [3.8, 4) is 21.6 Å². The number of aliphatic hydroxyl groups excluding tert-OH is 1. The Labute approximate surface area is 528 Å². The van der Waals surface area contributed by atoms with Gasteiger partial charge in [0.15, 0.2) is 0 Å². The van der Waals surface area contributed by atoms with Crippen molar-refractivity contribution < 1.29 is 43.3 Å². The van der Waals surface area contributed by atoms with Crippen LogP contribution in [0.1, 0.15) is 122 Å². The highest BCUT2D eigenvalue weighted by atomic mass is 32.1. The number of carbonyl (C=O) groups is 5. The summed E-state index contributed by atoms with van der Waals surface area (Å²) in [5.41, 5.74) is 11.7. The molecule has 3 atom stereocenters. The topological polar surface area (TPSA) is 240 Å². The second-order valence-corrected chi connectivity index (χ2v) is 25.9. The number of likely N-dealkylation sites (tertiary alicyclic amines) is 1. The molecule has 5 aromatic rings. The minimum Gasteiger partial charge on any atom is -0.391 e. The number of H-pyrrole nitrogens is 1. The molecule has 89 heavy (non-hydrogen) atoms. The van der Waals surface area contributed by atoms with Crippen molar-refractivity contribution in [1.82, 2.24) is 45.9 Å². The maximum absolute atomic E-state index is 14.0. The first-order valence-electron chi connectivity index (χ1n) is 31.7. The van der Waals surface area contributed by atoms with Crippen LogP contribution in [0.3, 0.4) is 0 Å². The van der Waals surface area contributed by atoms with E-state index in [1.54, 1.807) is 11.3 Å². The number of rotatable bonds is 29. The lowest BCUT2D eigenvalue weighted by Gasteiger charge is -2.37. The Morgan fingerprint density at radius 3 is 2.16 bits per heavy atom. The first-order valence-corrected chi connectivity index (χ1v) is 32.6. The van der Waals surface area contributed by atoms with Crippen molar-refractivity contribution in [3.63, 3.8) is 0 Å². The predicted octanol–water partition coefficient (Wildman–Crippen LogP) is 6.97. The third-order valence-electron chi connectivity index (χ3n) is 17.2. The molecule has 6 N–H and O–H groups in total. The van der Waals surface area contributed by atoms with E-state index in [0.717, 1.165) is 127 Å². The number of aliphatic hydroxyl groups is 1. The third kappa shape index (κ3) is 19.3. The van der Waals surface area contributed by atoms with E-state index in [4.69, 9.17) is 14.2 Å². The van der Waals surface area contributed by atoms with Crippen LogP contribution in [-0.4, -0.2) is 176 Å². The monoisotopic (exact) mass is 1240 g/mol. The molecular formula is C68H94N10O10S. The fourth-order valence-corrected chi connectivity index (χ4v) is 12.9. The molecule has 20 nitrogen and oxygen atoms in total. The summed E-state index contributed by atoms with van der Waals surface area (Å²) < 4.78 is 17.2. The fraction of sp³-hybridized carbons (Fsp3) is 0.544. The first-order chi connectivity index (χ1) is 42.8. The van der Waals surface area contributed by atoms with E-state index >= 15 is 0 Å². The minimum absolute atomic E-state index is 0.00536. The summed E-state index contributed by atoms with van der Waals surface area (Å²) in [6.07, 6.45) is 3.69. The molecule has 482 valence electrons. The number of aromatic amines is 1. The molecule has 5 heterocycles. The minimum atomic E-state index is -0.930. The smallest absolute Gasteiger partial charge is 0.253 e. The number of aryl methyl sites for hydroxylation is 3. The number of pyridine rings is 1. The van der Waals surface area contributed by atoms with E-state index < -0.39 is 29.5 Å². The summed E-state index contributed by atoms with van der Waals surface area (Å²) in [6.45, 7) is 24.5. The molecule has 1 unspecified atom stereocenters. The molecule has 2 aromatic heterocycles. The molecule has 0 saturated carbocycles. The van der Waals surface area contributed by atoms with Gasteiger partial charge in [0, 0.05) is 127 Å². The number of nitrogens with one attached hydrogen (secondary N) is 5.